The van der Waals surface area contributed by atoms with E-state index < -0.39 is 27.7 Å². The van der Waals surface area contributed by atoms with Gasteiger partial charge in [0.2, 0.25) is 15.9 Å². The summed E-state index contributed by atoms with van der Waals surface area (Å²) in [4.78, 5) is 14.8. The van der Waals surface area contributed by atoms with Crippen molar-refractivity contribution in [2.75, 3.05) is 12.8 Å². The number of amides is 1. The third-order valence-electron chi connectivity index (χ3n) is 6.26. The van der Waals surface area contributed by atoms with Gasteiger partial charge in [-0.2, -0.15) is 0 Å². The summed E-state index contributed by atoms with van der Waals surface area (Å²) in [5, 5.41) is 0. The minimum absolute atomic E-state index is 0.00977. The van der Waals surface area contributed by atoms with E-state index in [0.29, 0.717) is 24.9 Å². The second-order valence-electron chi connectivity index (χ2n) is 8.54. The van der Waals surface area contributed by atoms with E-state index in [4.69, 9.17) is 0 Å². The number of halogens is 2. The smallest absolute Gasteiger partial charge is 0.225 e. The van der Waals surface area contributed by atoms with Crippen molar-refractivity contribution in [1.29, 1.82) is 0 Å². The molecule has 0 bridgehead atoms. The fraction of sp³-hybridized carbons (Fsp3) is 0.435. The lowest BCUT2D eigenvalue weighted by atomic mass is 9.84. The van der Waals surface area contributed by atoms with Crippen molar-refractivity contribution in [1.82, 2.24) is 9.62 Å². The molecule has 4 rings (SSSR count). The number of sulfonamides is 1. The number of hydrogen-bond donors (Lipinski definition) is 1. The molecule has 166 valence electrons. The van der Waals surface area contributed by atoms with Crippen molar-refractivity contribution >= 4 is 15.9 Å². The summed E-state index contributed by atoms with van der Waals surface area (Å²) in [6.07, 6.45) is 4.80. The largest absolute Gasteiger partial charge is 0.337 e. The van der Waals surface area contributed by atoms with Crippen LogP contribution in [-0.2, 0) is 21.2 Å². The molecule has 1 aliphatic heterocycles. The highest BCUT2D eigenvalue weighted by Gasteiger charge is 2.41. The quantitative estimate of drug-likeness (QED) is 0.736. The number of hydrogen-bond acceptors (Lipinski definition) is 3. The first-order chi connectivity index (χ1) is 14.7. The molecular weight excluding hydrogens is 422 g/mol. The van der Waals surface area contributed by atoms with Crippen molar-refractivity contribution in [2.45, 2.75) is 44.2 Å². The van der Waals surface area contributed by atoms with Crippen LogP contribution in [0.2, 0.25) is 0 Å². The van der Waals surface area contributed by atoms with Gasteiger partial charge >= 0.3 is 0 Å². The lowest BCUT2D eigenvalue weighted by molar-refractivity contribution is -0.139. The molecule has 2 aliphatic rings. The maximum absolute atomic E-state index is 14.5. The molecule has 0 aromatic heterocycles. The predicted molar refractivity (Wildman–Crippen MR) is 115 cm³/mol. The Kier molecular flexibility index (Phi) is 6.12. The van der Waals surface area contributed by atoms with Crippen molar-refractivity contribution < 1.29 is 22.0 Å². The number of carbonyl (C=O) groups is 1. The topological polar surface area (TPSA) is 66.5 Å². The minimum atomic E-state index is -3.45. The van der Waals surface area contributed by atoms with Gasteiger partial charge in [0.15, 0.2) is 0 Å². The fourth-order valence-corrected chi connectivity index (χ4v) is 5.32. The van der Waals surface area contributed by atoms with Gasteiger partial charge < -0.3 is 4.90 Å². The molecule has 1 aliphatic carbocycles. The number of likely N-dealkylation sites (tertiary alicyclic amines) is 1. The summed E-state index contributed by atoms with van der Waals surface area (Å²) in [5.74, 6) is -0.834. The molecule has 1 amide bonds. The third kappa shape index (κ3) is 4.96. The Morgan fingerprint density at radius 2 is 1.90 bits per heavy atom. The zero-order valence-corrected chi connectivity index (χ0v) is 18.2. The first-order valence-corrected chi connectivity index (χ1v) is 12.4. The SMILES string of the molecule is CS(=O)(=O)N[C@@H]1CCN(C(=O)C2CCC2)[C@@H]1Cc1ccc(F)c(-c2cccc(F)c2)c1. The summed E-state index contributed by atoms with van der Waals surface area (Å²) in [6.45, 7) is 0.491. The molecule has 1 N–H and O–H groups in total. The van der Waals surface area contributed by atoms with Crippen LogP contribution in [0.25, 0.3) is 11.1 Å². The Labute approximate surface area is 181 Å². The molecule has 1 saturated carbocycles. The van der Waals surface area contributed by atoms with E-state index in [1.54, 1.807) is 23.1 Å². The lowest BCUT2D eigenvalue weighted by Gasteiger charge is -2.34. The zero-order chi connectivity index (χ0) is 22.2. The van der Waals surface area contributed by atoms with Crippen LogP contribution in [0.5, 0.6) is 0 Å². The van der Waals surface area contributed by atoms with Crippen LogP contribution in [0.4, 0.5) is 8.78 Å². The van der Waals surface area contributed by atoms with Crippen LogP contribution in [0.1, 0.15) is 31.2 Å². The van der Waals surface area contributed by atoms with E-state index in [1.807, 2.05) is 0 Å². The number of nitrogens with zero attached hydrogens (tertiary/aromatic N) is 1. The summed E-state index contributed by atoms with van der Waals surface area (Å²) in [6, 6.07) is 9.62. The van der Waals surface area contributed by atoms with E-state index in [0.717, 1.165) is 31.1 Å². The van der Waals surface area contributed by atoms with Crippen LogP contribution in [0, 0.1) is 17.6 Å². The maximum Gasteiger partial charge on any atom is 0.225 e. The third-order valence-corrected chi connectivity index (χ3v) is 6.99. The highest BCUT2D eigenvalue weighted by atomic mass is 32.2. The standard InChI is InChI=1S/C23H26F2N2O3S/c1-31(29,30)26-21-10-11-27(23(28)16-4-2-5-16)22(21)13-15-8-9-20(25)19(12-15)17-6-3-7-18(24)14-17/h3,6-9,12,14,16,21-22,26H,2,4-5,10-11,13H2,1H3/t21-,22-/m1/s1. The number of nitrogens with one attached hydrogen (secondary N) is 1. The van der Waals surface area contributed by atoms with Gasteiger partial charge in [0.25, 0.3) is 0 Å². The molecule has 2 aromatic carbocycles. The minimum Gasteiger partial charge on any atom is -0.337 e. The van der Waals surface area contributed by atoms with Gasteiger partial charge in [-0.25, -0.2) is 21.9 Å². The molecule has 2 fully saturated rings. The molecule has 0 unspecified atom stereocenters. The van der Waals surface area contributed by atoms with E-state index in [-0.39, 0.29) is 23.4 Å². The summed E-state index contributed by atoms with van der Waals surface area (Å²) >= 11 is 0. The lowest BCUT2D eigenvalue weighted by Crippen LogP contribution is -2.49. The van der Waals surface area contributed by atoms with Crippen molar-refractivity contribution in [2.24, 2.45) is 5.92 Å². The Morgan fingerprint density at radius 1 is 1.13 bits per heavy atom. The van der Waals surface area contributed by atoms with Gasteiger partial charge in [-0.15, -0.1) is 0 Å². The van der Waals surface area contributed by atoms with Crippen LogP contribution in [-0.4, -0.2) is 44.1 Å². The van der Waals surface area contributed by atoms with E-state index in [9.17, 15) is 22.0 Å². The highest BCUT2D eigenvalue weighted by Crippen LogP contribution is 2.33. The van der Waals surface area contributed by atoms with Gasteiger partial charge in [-0.3, -0.25) is 4.79 Å². The second kappa shape index (κ2) is 8.67. The number of rotatable bonds is 6. The average molecular weight is 449 g/mol. The molecule has 0 radical (unpaired) electrons. The van der Waals surface area contributed by atoms with Crippen molar-refractivity contribution in [3.05, 3.63) is 59.7 Å². The van der Waals surface area contributed by atoms with Crippen LogP contribution in [0.3, 0.4) is 0 Å². The fourth-order valence-electron chi connectivity index (χ4n) is 4.50. The summed E-state index contributed by atoms with van der Waals surface area (Å²) in [7, 11) is -3.45. The van der Waals surface area contributed by atoms with Crippen molar-refractivity contribution in [3.8, 4) is 11.1 Å². The first kappa shape index (κ1) is 21.9. The van der Waals surface area contributed by atoms with E-state index >= 15 is 0 Å². The van der Waals surface area contributed by atoms with Gasteiger partial charge in [-0.05, 0) is 61.1 Å². The monoisotopic (exact) mass is 448 g/mol. The van der Waals surface area contributed by atoms with Gasteiger partial charge in [0, 0.05) is 24.1 Å². The van der Waals surface area contributed by atoms with Gasteiger partial charge in [0.1, 0.15) is 11.6 Å². The Morgan fingerprint density at radius 3 is 2.55 bits per heavy atom. The Bertz CT molecular complexity index is 1090. The first-order valence-electron chi connectivity index (χ1n) is 10.5. The molecule has 31 heavy (non-hydrogen) atoms. The molecule has 5 nitrogen and oxygen atoms in total. The molecule has 2 aromatic rings. The van der Waals surface area contributed by atoms with Gasteiger partial charge in [0.05, 0.1) is 12.3 Å². The second-order valence-corrected chi connectivity index (χ2v) is 10.3. The van der Waals surface area contributed by atoms with Crippen LogP contribution >= 0.6 is 0 Å². The molecule has 2 atom stereocenters. The maximum atomic E-state index is 14.5. The zero-order valence-electron chi connectivity index (χ0n) is 17.4. The molecule has 1 heterocycles. The Balaban J connectivity index is 1.63. The summed E-state index contributed by atoms with van der Waals surface area (Å²) < 4.78 is 54.6. The highest BCUT2D eigenvalue weighted by molar-refractivity contribution is 7.88. The molecule has 0 spiro atoms. The molecule has 1 saturated heterocycles. The number of benzene rings is 2. The van der Waals surface area contributed by atoms with Gasteiger partial charge in [-0.1, -0.05) is 24.6 Å². The molecular formula is C23H26F2N2O3S. The number of carbonyl (C=O) groups excluding carboxylic acids is 1. The Hall–Kier alpha value is -2.32. The predicted octanol–water partition coefficient (Wildman–Crippen LogP) is 3.49. The normalized spacial score (nSPS) is 21.8. The van der Waals surface area contributed by atoms with Crippen LogP contribution in [0.15, 0.2) is 42.5 Å². The summed E-state index contributed by atoms with van der Waals surface area (Å²) in [5.41, 5.74) is 1.47. The van der Waals surface area contributed by atoms with Crippen molar-refractivity contribution in [3.63, 3.8) is 0 Å². The average Bonchev–Trinajstić information content (AvgIpc) is 3.02. The van der Waals surface area contributed by atoms with E-state index in [2.05, 4.69) is 4.72 Å². The van der Waals surface area contributed by atoms with E-state index in [1.165, 1.54) is 24.3 Å². The van der Waals surface area contributed by atoms with Crippen LogP contribution < -0.4 is 4.72 Å². The molecule has 8 heteroatoms.